The SMILES string of the molecule is C.C.CC[C@]1(O)CC[C@H]2C(=CC[C@@H]3[C@@H]2CC[C@]2(C)[C@@H]([C@H](C)CC(C[C@@H](C)O)S(=O)(=O)Oc4ccccc4)CC[C@@H]32)C1.CC[C@]1(O)CC[C@H]2C(=CC[C@@H]3[C@@H]2CC[C@]2(C)[C@@H]([C@H](C)CCS(=O)(=O)c4ccccc4)CC[C@@H]32)C1.C[C@@H]1CO1. The number of hydrogen-bond acceptors (Lipinski definition) is 9. The normalized spacial score (nSPS) is 38.5. The van der Waals surface area contributed by atoms with Crippen molar-refractivity contribution >= 4 is 20.0 Å². The Morgan fingerprint density at radius 1 is 0.633 bits per heavy atom. The average molecular weight is 1130 g/mol. The summed E-state index contributed by atoms with van der Waals surface area (Å²) in [4.78, 5) is 0.463. The van der Waals surface area contributed by atoms with Gasteiger partial charge in [-0.05, 0) is 255 Å². The molecule has 11 rings (SSSR count). The van der Waals surface area contributed by atoms with Crippen LogP contribution in [0.5, 0.6) is 5.75 Å². The first-order valence-corrected chi connectivity index (χ1v) is 34.0. The number of ether oxygens (including phenoxy) is 1. The number of fused-ring (bicyclic) bond motifs is 10. The lowest BCUT2D eigenvalue weighted by atomic mass is 9.50. The molecular formula is C68H108O9S2. The van der Waals surface area contributed by atoms with E-state index in [0.29, 0.717) is 70.0 Å². The van der Waals surface area contributed by atoms with E-state index in [1.165, 1.54) is 56.9 Å². The molecule has 1 unspecified atom stereocenters. The molecule has 8 aliphatic carbocycles. The molecule has 0 spiro atoms. The molecular weight excluding hydrogens is 1020 g/mol. The Balaban J connectivity index is 0.000000210. The topological polar surface area (TPSA) is 151 Å². The summed E-state index contributed by atoms with van der Waals surface area (Å²) in [5, 5.41) is 31.3. The molecule has 19 atom stereocenters. The fourth-order valence-corrected chi connectivity index (χ4v) is 21.7. The maximum Gasteiger partial charge on any atom is 0.312 e. The third kappa shape index (κ3) is 13.9. The smallest absolute Gasteiger partial charge is 0.312 e. The summed E-state index contributed by atoms with van der Waals surface area (Å²) in [5.74, 6) is 8.20. The van der Waals surface area contributed by atoms with Crippen molar-refractivity contribution in [3.05, 3.63) is 84.0 Å². The van der Waals surface area contributed by atoms with Crippen molar-refractivity contribution in [3.8, 4) is 5.75 Å². The van der Waals surface area contributed by atoms with E-state index in [-0.39, 0.29) is 38.4 Å². The van der Waals surface area contributed by atoms with E-state index >= 15 is 0 Å². The summed E-state index contributed by atoms with van der Waals surface area (Å²) >= 11 is 0. The minimum Gasteiger partial charge on any atom is -0.393 e. The Kier molecular flexibility index (Phi) is 20.9. The lowest BCUT2D eigenvalue weighted by Crippen LogP contribution is -2.48. The van der Waals surface area contributed by atoms with Gasteiger partial charge in [-0.3, -0.25) is 0 Å². The fraction of sp³-hybridized carbons (Fsp3) is 0.765. The fourth-order valence-electron chi connectivity index (χ4n) is 18.6. The first-order valence-electron chi connectivity index (χ1n) is 30.9. The summed E-state index contributed by atoms with van der Waals surface area (Å²) < 4.78 is 62.8. The van der Waals surface area contributed by atoms with Crippen molar-refractivity contribution in [2.75, 3.05) is 12.4 Å². The molecule has 2 aromatic rings. The minimum atomic E-state index is -3.88. The molecule has 446 valence electrons. The third-order valence-corrected chi connectivity index (χ3v) is 26.5. The average Bonchev–Trinajstić information content (AvgIpc) is 4.20. The highest BCUT2D eigenvalue weighted by Crippen LogP contribution is 2.67. The van der Waals surface area contributed by atoms with Gasteiger partial charge in [0.2, 0.25) is 0 Å². The number of para-hydroxylation sites is 1. The number of allylic oxidation sites excluding steroid dienone is 2. The van der Waals surface area contributed by atoms with Crippen LogP contribution in [0.2, 0.25) is 0 Å². The van der Waals surface area contributed by atoms with Gasteiger partial charge < -0.3 is 24.2 Å². The first kappa shape index (κ1) is 64.0. The number of hydrogen-bond donors (Lipinski definition) is 3. The van der Waals surface area contributed by atoms with E-state index in [4.69, 9.17) is 8.92 Å². The van der Waals surface area contributed by atoms with Gasteiger partial charge in [0.15, 0.2) is 9.84 Å². The summed E-state index contributed by atoms with van der Waals surface area (Å²) in [5.41, 5.74) is 2.70. The molecule has 7 fully saturated rings. The van der Waals surface area contributed by atoms with Crippen LogP contribution < -0.4 is 4.18 Å². The van der Waals surface area contributed by atoms with Crippen LogP contribution in [-0.2, 0) is 24.7 Å². The van der Waals surface area contributed by atoms with Crippen LogP contribution in [0.1, 0.15) is 205 Å². The number of aliphatic hydroxyl groups is 3. The molecule has 1 heterocycles. The van der Waals surface area contributed by atoms with Gasteiger partial charge in [0.25, 0.3) is 0 Å². The Morgan fingerprint density at radius 3 is 1.53 bits per heavy atom. The van der Waals surface area contributed by atoms with Crippen LogP contribution in [0, 0.1) is 81.8 Å². The second-order valence-electron chi connectivity index (χ2n) is 27.5. The van der Waals surface area contributed by atoms with Crippen LogP contribution in [0.25, 0.3) is 0 Å². The van der Waals surface area contributed by atoms with Gasteiger partial charge in [-0.15, -0.1) is 0 Å². The molecule has 9 aliphatic rings. The van der Waals surface area contributed by atoms with Crippen molar-refractivity contribution in [2.24, 2.45) is 81.8 Å². The summed E-state index contributed by atoms with van der Waals surface area (Å²) in [7, 11) is -7.08. The molecule has 79 heavy (non-hydrogen) atoms. The zero-order valence-corrected chi connectivity index (χ0v) is 50.1. The largest absolute Gasteiger partial charge is 0.393 e. The standard InChI is InChI=1S/C33H50O5S.C30H44O3S.C3H6O.2CH4/c1-5-33(35)18-16-27-24(21-33)11-12-29-28(27)15-17-32(4)30(13-14-31(29)32)22(2)19-26(20-23(3)34)39(36,37)38-25-9-7-6-8-10-25;1-4-30(31)18-15-24-22(20-30)10-11-26-25(24)14-17-29(3)27(12-13-28(26)29)21(2)16-19-34(32,33)23-8-6-5-7-9-23;1-3-2-4-3;;/h6-11,22-23,26-31,34-35H,5,12-21H2,1-4H3;5-10,21,24-28,31H,4,11-20H2,1-3H3;3H,2H2,1H3;2*1H4/t22-,23-,26?,27+,28-,29-,30-,31+,32-,33+;21-,24+,25-,26-,27-,28+,29-,30+;3-;;/m111../s1. The van der Waals surface area contributed by atoms with Gasteiger partial charge in [0, 0.05) is 0 Å². The van der Waals surface area contributed by atoms with Crippen LogP contribution in [0.3, 0.4) is 0 Å². The highest BCUT2D eigenvalue weighted by atomic mass is 32.2. The molecule has 3 N–H and O–H groups in total. The number of benzene rings is 2. The molecule has 11 heteroatoms. The van der Waals surface area contributed by atoms with E-state index in [1.807, 2.05) is 24.3 Å². The van der Waals surface area contributed by atoms with E-state index in [0.717, 1.165) is 101 Å². The Labute approximate surface area is 481 Å². The van der Waals surface area contributed by atoms with Crippen molar-refractivity contribution in [2.45, 2.75) is 239 Å². The summed E-state index contributed by atoms with van der Waals surface area (Å²) in [6.07, 6.45) is 26.4. The van der Waals surface area contributed by atoms with E-state index in [1.54, 1.807) is 48.9 Å². The molecule has 0 radical (unpaired) electrons. The van der Waals surface area contributed by atoms with Crippen molar-refractivity contribution in [1.82, 2.24) is 0 Å². The van der Waals surface area contributed by atoms with E-state index in [9.17, 15) is 32.2 Å². The highest BCUT2D eigenvalue weighted by Gasteiger charge is 2.59. The van der Waals surface area contributed by atoms with E-state index in [2.05, 4.69) is 60.6 Å². The lowest BCUT2D eigenvalue weighted by molar-refractivity contribution is -0.0460. The molecule has 6 saturated carbocycles. The van der Waals surface area contributed by atoms with Crippen molar-refractivity contribution in [3.63, 3.8) is 0 Å². The predicted molar refractivity (Wildman–Crippen MR) is 323 cm³/mol. The lowest BCUT2D eigenvalue weighted by Gasteiger charge is -2.55. The van der Waals surface area contributed by atoms with Gasteiger partial charge >= 0.3 is 10.1 Å². The second-order valence-corrected chi connectivity index (χ2v) is 31.4. The number of sulfone groups is 1. The number of rotatable bonds is 15. The summed E-state index contributed by atoms with van der Waals surface area (Å²) in [6, 6.07) is 17.7. The second kappa shape index (κ2) is 25.8. The zero-order chi connectivity index (χ0) is 55.1. The van der Waals surface area contributed by atoms with Gasteiger partial charge in [0.05, 0.1) is 40.7 Å². The van der Waals surface area contributed by atoms with Gasteiger partial charge in [-0.2, -0.15) is 8.42 Å². The molecule has 2 aromatic carbocycles. The first-order chi connectivity index (χ1) is 36.5. The number of aliphatic hydroxyl groups excluding tert-OH is 1. The molecule has 1 aliphatic heterocycles. The monoisotopic (exact) mass is 1130 g/mol. The minimum absolute atomic E-state index is 0. The Hall–Kier alpha value is -2.54. The quantitative estimate of drug-likeness (QED) is 0.0899. The Bertz CT molecular complexity index is 2580. The maximum atomic E-state index is 13.4. The summed E-state index contributed by atoms with van der Waals surface area (Å²) in [6.45, 7) is 18.5. The molecule has 1 saturated heterocycles. The highest BCUT2D eigenvalue weighted by molar-refractivity contribution is 7.91. The third-order valence-electron chi connectivity index (χ3n) is 23.1. The van der Waals surface area contributed by atoms with Crippen molar-refractivity contribution in [1.29, 1.82) is 0 Å². The van der Waals surface area contributed by atoms with E-state index < -0.39 is 42.5 Å². The number of epoxide rings is 1. The van der Waals surface area contributed by atoms with Gasteiger partial charge in [-0.1, -0.05) is 116 Å². The van der Waals surface area contributed by atoms with Crippen LogP contribution in [0.15, 0.2) is 88.9 Å². The van der Waals surface area contributed by atoms with Gasteiger partial charge in [-0.25, -0.2) is 8.42 Å². The molecule has 9 nitrogen and oxygen atoms in total. The maximum absolute atomic E-state index is 13.4. The molecule has 0 amide bonds. The molecule has 0 bridgehead atoms. The van der Waals surface area contributed by atoms with Crippen LogP contribution >= 0.6 is 0 Å². The Morgan fingerprint density at radius 2 is 1.09 bits per heavy atom. The van der Waals surface area contributed by atoms with Gasteiger partial charge in [0.1, 0.15) is 11.0 Å². The zero-order valence-electron chi connectivity index (χ0n) is 48.5. The molecule has 0 aromatic heterocycles. The van der Waals surface area contributed by atoms with Crippen LogP contribution in [-0.4, -0.2) is 73.2 Å². The van der Waals surface area contributed by atoms with Crippen molar-refractivity contribution < 1.29 is 41.1 Å². The predicted octanol–water partition coefficient (Wildman–Crippen LogP) is 15.4. The van der Waals surface area contributed by atoms with Crippen LogP contribution in [0.4, 0.5) is 0 Å².